The van der Waals surface area contributed by atoms with Gasteiger partial charge in [-0.15, -0.1) is 0 Å². The molecule has 82 heavy (non-hydrogen) atoms. The van der Waals surface area contributed by atoms with Gasteiger partial charge in [0, 0.05) is 6.42 Å². The van der Waals surface area contributed by atoms with Gasteiger partial charge in [0.15, 0.2) is 11.9 Å². The first-order valence-electron chi connectivity index (χ1n) is 21.9. The van der Waals surface area contributed by atoms with Gasteiger partial charge in [-0.2, -0.15) is 41.3 Å². The number of alkyl halides is 6. The van der Waals surface area contributed by atoms with Gasteiger partial charge in [-0.05, 0) is 91.3 Å². The van der Waals surface area contributed by atoms with E-state index in [0.29, 0.717) is 17.0 Å². The molecule has 1 aromatic heterocycles. The maximum Gasteiger partial charge on any atom is 0.416 e. The Labute approximate surface area is 486 Å². The molecule has 0 spiro atoms. The number of aliphatic carboxylic acids is 2. The second-order valence-corrected chi connectivity index (χ2v) is 23.2. The van der Waals surface area contributed by atoms with Crippen LogP contribution in [0.3, 0.4) is 0 Å². The number of urea groups is 1. The third-order valence-electron chi connectivity index (χ3n) is 8.64. The van der Waals surface area contributed by atoms with Crippen molar-refractivity contribution >= 4 is 111 Å². The van der Waals surface area contributed by atoms with Gasteiger partial charge in [0.05, 0.1) is 81.9 Å². The fourth-order valence-corrected chi connectivity index (χ4v) is 7.73. The molecular formula is C46H49Cl4F6N6O17PS2. The number of aromatic nitrogens is 3. The van der Waals surface area contributed by atoms with Gasteiger partial charge in [-0.25, -0.2) is 32.3 Å². The Morgan fingerprint density at radius 2 is 1.40 bits per heavy atom. The molecule has 0 fully saturated rings. The fourth-order valence-electron chi connectivity index (χ4n) is 5.28. The van der Waals surface area contributed by atoms with Crippen LogP contribution in [-0.2, 0) is 52.4 Å². The van der Waals surface area contributed by atoms with E-state index >= 15 is 0 Å². The lowest BCUT2D eigenvalue weighted by Crippen LogP contribution is -2.35. The van der Waals surface area contributed by atoms with Crippen LogP contribution in [0.5, 0.6) is 23.3 Å². The number of methoxy groups -OCH3 is 2. The number of hydrogen-bond acceptors (Lipinski definition) is 17. The molecule has 36 heteroatoms. The summed E-state index contributed by atoms with van der Waals surface area (Å²) in [5.41, 5.74) is -1.30. The Bertz CT molecular complexity index is 3180. The van der Waals surface area contributed by atoms with Gasteiger partial charge < -0.3 is 48.6 Å². The highest BCUT2D eigenvalue weighted by atomic mass is 35.5. The fraction of sp³-hybridized carbons (Fsp3) is 0.304. The summed E-state index contributed by atoms with van der Waals surface area (Å²) in [6.45, 7) is 2.18. The van der Waals surface area contributed by atoms with E-state index in [0.717, 1.165) is 31.2 Å². The number of halogens is 10. The van der Waals surface area contributed by atoms with Crippen molar-refractivity contribution in [3.8, 4) is 23.3 Å². The normalized spacial score (nSPS) is 12.0. The zero-order chi connectivity index (χ0) is 63.1. The molecule has 4 aromatic carbocycles. The summed E-state index contributed by atoms with van der Waals surface area (Å²) in [5, 5.41) is 29.7. The topological polar surface area (TPSA) is 352 Å². The van der Waals surface area contributed by atoms with E-state index in [4.69, 9.17) is 85.6 Å². The molecule has 2 atom stereocenters. The summed E-state index contributed by atoms with van der Waals surface area (Å²) in [7, 11) is -5.51. The number of benzene rings is 4. The first kappa shape index (κ1) is 73.6. The van der Waals surface area contributed by atoms with Crippen LogP contribution in [0.1, 0.15) is 51.0 Å². The summed E-state index contributed by atoms with van der Waals surface area (Å²) in [5.74, 6) is -4.69. The van der Waals surface area contributed by atoms with Crippen molar-refractivity contribution in [2.75, 3.05) is 51.1 Å². The molecule has 0 aliphatic heterocycles. The Morgan fingerprint density at radius 3 is 1.90 bits per heavy atom. The van der Waals surface area contributed by atoms with E-state index in [1.54, 1.807) is 4.72 Å². The molecule has 2 amide bonds. The van der Waals surface area contributed by atoms with E-state index < -0.39 is 102 Å². The standard InChI is InChI=1S/C17H11Cl2F3O5.C15H16F3N5O4S.C8H6Cl2O3.C3H8NO5P.C3H9S/c1-8(15(23)24)26-16(25)11-7-10(3-4-12(11)18)27-14-5-2-9(6-13(14)19)17(20,21)22;1-9-19-12(22-14(20-9)27-2)21-13(24)23-28(25,26)11-6-4-3-5-10(11)7-8-15(16,17)18;1-13-7-5(10)3-2-4(9)6(7)8(11)12;5-3(6)1-4-2-10(7,8)9;1-4(2)3/h2-8H,1H3,(H,23,24);3-6H,7-8H2,1-2H3,(H2,19,20,21,22,23,24);2-3H,1H3,(H,11,12);4H,1-2H2,(H,5,6)(H2,7,8,9);1-3H3/q;;;;+1/p-1/t8-;;;;/m0..../s1. The number of aryl methyl sites for hydroxylation is 2. The first-order valence-corrected chi connectivity index (χ1v) is 29.1. The molecule has 0 bridgehead atoms. The first-order chi connectivity index (χ1) is 37.7. The maximum absolute atomic E-state index is 12.7. The van der Waals surface area contributed by atoms with Gasteiger partial charge in [-0.1, -0.05) is 64.6 Å². The van der Waals surface area contributed by atoms with Crippen molar-refractivity contribution in [1.29, 1.82) is 0 Å². The molecule has 23 nitrogen and oxygen atoms in total. The third kappa shape index (κ3) is 28.0. The summed E-state index contributed by atoms with van der Waals surface area (Å²) in [4.78, 5) is 84.2. The van der Waals surface area contributed by atoms with Crippen LogP contribution in [0.2, 0.25) is 20.1 Å². The van der Waals surface area contributed by atoms with Gasteiger partial charge in [-0.3, -0.25) is 15.4 Å². The molecule has 7 N–H and O–H groups in total. The Morgan fingerprint density at radius 1 is 0.817 bits per heavy atom. The number of hydrogen-bond donors (Lipinski definition) is 7. The van der Waals surface area contributed by atoms with Gasteiger partial charge in [0.25, 0.3) is 10.0 Å². The molecule has 0 saturated carbocycles. The number of aromatic carboxylic acids is 1. The van der Waals surface area contributed by atoms with Crippen molar-refractivity contribution in [2.45, 2.75) is 50.0 Å². The number of nitrogens with one attached hydrogen (secondary N) is 3. The molecule has 0 radical (unpaired) electrons. The highest BCUT2D eigenvalue weighted by Gasteiger charge is 2.32. The third-order valence-corrected chi connectivity index (χ3v) is 11.9. The number of ether oxygens (including phenoxy) is 4. The molecule has 1 unspecified atom stereocenters. The average Bonchev–Trinajstić information content (AvgIpc) is 3.44. The Hall–Kier alpha value is -6.41. The maximum atomic E-state index is 12.7. The predicted octanol–water partition coefficient (Wildman–Crippen LogP) is 8.99. The van der Waals surface area contributed by atoms with Gasteiger partial charge in [0.1, 0.15) is 30.5 Å². The molecule has 0 aliphatic carbocycles. The summed E-state index contributed by atoms with van der Waals surface area (Å²) in [6.07, 6.45) is -6.28. The zero-order valence-corrected chi connectivity index (χ0v) is 48.9. The predicted molar refractivity (Wildman–Crippen MR) is 287 cm³/mol. The van der Waals surface area contributed by atoms with Gasteiger partial charge in [0.2, 0.25) is 5.95 Å². The van der Waals surface area contributed by atoms with Crippen molar-refractivity contribution in [2.24, 2.45) is 0 Å². The van der Waals surface area contributed by atoms with E-state index in [1.807, 2.05) is 5.32 Å². The number of anilines is 1. The minimum Gasteiger partial charge on any atom is -0.778 e. The zero-order valence-electron chi connectivity index (χ0n) is 43.3. The summed E-state index contributed by atoms with van der Waals surface area (Å²) >= 11 is 23.1. The van der Waals surface area contributed by atoms with Crippen molar-refractivity contribution in [3.63, 3.8) is 0 Å². The summed E-state index contributed by atoms with van der Waals surface area (Å²) in [6, 6.07) is 13.0. The monoisotopic (exact) mass is 1310 g/mol. The van der Waals surface area contributed by atoms with Crippen molar-refractivity contribution < 1.29 is 107 Å². The molecule has 5 rings (SSSR count). The molecule has 1 heterocycles. The SMILES string of the molecule is COc1c(Cl)ccc(Cl)c1C(=O)O.COc1nc(C)nc(NC(=O)NS(=O)(=O)c2ccccc2CCC(F)(F)F)n1.C[C@H](OC(=O)c1cc(Oc2ccc(C(F)(F)F)cc2Cl)ccc1Cl)C(=O)O.C[S+](C)C.O=C(O)CNCP(=O)([O-])O. The molecule has 0 saturated heterocycles. The number of rotatable bonds is 17. The Balaban J connectivity index is 0.000000573. The molecule has 452 valence electrons. The minimum atomic E-state index is -4.56. The van der Waals surface area contributed by atoms with Crippen LogP contribution >= 0.6 is 54.0 Å². The number of esters is 1. The lowest BCUT2D eigenvalue weighted by Gasteiger charge is -2.14. The number of carbonyl (C=O) groups is 5. The Kier molecular flexibility index (Phi) is 30.2. The second kappa shape index (κ2) is 33.6. The average molecular weight is 1310 g/mol. The molecule has 5 aromatic rings. The van der Waals surface area contributed by atoms with E-state index in [9.17, 15) is 68.2 Å². The number of nitrogens with zero attached hydrogens (tertiary/aromatic N) is 3. The van der Waals surface area contributed by atoms with Crippen LogP contribution in [0.4, 0.5) is 37.1 Å². The lowest BCUT2D eigenvalue weighted by atomic mass is 10.1. The largest absolute Gasteiger partial charge is 0.778 e. The highest BCUT2D eigenvalue weighted by Crippen LogP contribution is 2.38. The lowest BCUT2D eigenvalue weighted by molar-refractivity contribution is -0.193. The van der Waals surface area contributed by atoms with E-state index in [2.05, 4.69) is 39.0 Å². The van der Waals surface area contributed by atoms with E-state index in [-0.39, 0.29) is 71.8 Å². The van der Waals surface area contributed by atoms with E-state index in [1.165, 1.54) is 63.6 Å². The van der Waals surface area contributed by atoms with Crippen LogP contribution in [-0.4, -0.2) is 132 Å². The van der Waals surface area contributed by atoms with Crippen LogP contribution in [0.15, 0.2) is 77.7 Å². The number of amides is 2. The molecular weight excluding hydrogens is 1260 g/mol. The van der Waals surface area contributed by atoms with Crippen LogP contribution in [0.25, 0.3) is 0 Å². The molecule has 0 aliphatic rings. The van der Waals surface area contributed by atoms with Gasteiger partial charge >= 0.3 is 48.3 Å². The quantitative estimate of drug-likeness (QED) is 0.0197. The highest BCUT2D eigenvalue weighted by molar-refractivity contribution is 7.94. The minimum absolute atomic E-state index is 0.0246. The number of carboxylic acids is 3. The number of carboxylic acid groups (broad SMARTS) is 3. The van der Waals surface area contributed by atoms with Crippen LogP contribution < -0.4 is 34.5 Å². The summed E-state index contributed by atoms with van der Waals surface area (Å²) < 4.78 is 132. The number of sulfonamides is 1. The smallest absolute Gasteiger partial charge is 0.416 e. The number of carbonyl (C=O) groups excluding carboxylic acids is 2. The van der Waals surface area contributed by atoms with Crippen LogP contribution in [0, 0.1) is 6.92 Å². The van der Waals surface area contributed by atoms with Crippen molar-refractivity contribution in [3.05, 3.63) is 121 Å². The second-order valence-electron chi connectivity index (χ2n) is 15.8. The van der Waals surface area contributed by atoms with Crippen molar-refractivity contribution in [1.82, 2.24) is 25.0 Å².